The lowest BCUT2D eigenvalue weighted by atomic mass is 10.2. The van der Waals surface area contributed by atoms with Crippen LogP contribution in [0.3, 0.4) is 0 Å². The summed E-state index contributed by atoms with van der Waals surface area (Å²) in [6.07, 6.45) is 1.49. The molecule has 0 bridgehead atoms. The fourth-order valence-corrected chi connectivity index (χ4v) is 4.56. The van der Waals surface area contributed by atoms with Crippen molar-refractivity contribution in [1.29, 1.82) is 5.26 Å². The first-order valence-corrected chi connectivity index (χ1v) is 11.2. The minimum Gasteiger partial charge on any atom is -0.368 e. The summed E-state index contributed by atoms with van der Waals surface area (Å²) in [5, 5.41) is 15.1. The lowest BCUT2D eigenvalue weighted by molar-refractivity contribution is -0.120. The lowest BCUT2D eigenvalue weighted by Gasteiger charge is -2.12. The summed E-state index contributed by atoms with van der Waals surface area (Å²) in [4.78, 5) is 37.9. The van der Waals surface area contributed by atoms with Crippen LogP contribution in [0.2, 0.25) is 0 Å². The Labute approximate surface area is 182 Å². The molecule has 3 aromatic heterocycles. The molecule has 0 unspecified atom stereocenters. The highest BCUT2D eigenvalue weighted by Crippen LogP contribution is 2.26. The van der Waals surface area contributed by atoms with Crippen molar-refractivity contribution in [1.82, 2.24) is 20.3 Å². The predicted octanol–water partition coefficient (Wildman–Crippen LogP) is 2.72. The molecule has 0 aliphatic heterocycles. The maximum Gasteiger partial charge on any atom is 0.259 e. The molecule has 1 amide bonds. The number of fused-ring (bicyclic) bond motifs is 1. The van der Waals surface area contributed by atoms with Crippen molar-refractivity contribution in [3.63, 3.8) is 0 Å². The molecule has 1 atom stereocenters. The van der Waals surface area contributed by atoms with Gasteiger partial charge in [-0.2, -0.15) is 5.26 Å². The molecule has 0 fully saturated rings. The second kappa shape index (κ2) is 9.73. The maximum absolute atomic E-state index is 12.3. The van der Waals surface area contributed by atoms with Crippen LogP contribution in [0.5, 0.6) is 0 Å². The van der Waals surface area contributed by atoms with Crippen molar-refractivity contribution in [2.45, 2.75) is 31.8 Å². The first kappa shape index (κ1) is 21.8. The number of carbonyl (C=O) groups excluding carboxylic acids is 1. The molecule has 3 heterocycles. The van der Waals surface area contributed by atoms with Gasteiger partial charge in [0.05, 0.1) is 22.0 Å². The summed E-state index contributed by atoms with van der Waals surface area (Å²) < 4.78 is 0. The van der Waals surface area contributed by atoms with Gasteiger partial charge < -0.3 is 15.6 Å². The van der Waals surface area contributed by atoms with E-state index in [1.807, 2.05) is 26.8 Å². The van der Waals surface area contributed by atoms with Crippen LogP contribution in [0.15, 0.2) is 23.1 Å². The van der Waals surface area contributed by atoms with Crippen molar-refractivity contribution in [3.8, 4) is 6.07 Å². The van der Waals surface area contributed by atoms with E-state index in [4.69, 9.17) is 5.26 Å². The number of pyridine rings is 1. The van der Waals surface area contributed by atoms with Crippen LogP contribution in [0, 0.1) is 25.2 Å². The molecule has 156 valence electrons. The van der Waals surface area contributed by atoms with E-state index in [2.05, 4.69) is 25.6 Å². The molecular formula is C20H22N6O2S2. The number of amides is 1. The van der Waals surface area contributed by atoms with Gasteiger partial charge in [0.2, 0.25) is 5.91 Å². The van der Waals surface area contributed by atoms with Gasteiger partial charge in [0.1, 0.15) is 22.5 Å². The standard InChI is InChI=1S/C20H22N6O2S2/c1-11-12(2)30-20-17(11)19(28)25-16(26-20)10-29-13(3)18(27)23-7-6-22-15-5-4-14(8-21)9-24-15/h4-5,9,13H,6-7,10H2,1-3H3,(H,22,24)(H,23,27)(H,25,26,28)/t13-/m0/s1. The summed E-state index contributed by atoms with van der Waals surface area (Å²) in [5.41, 5.74) is 1.34. The Morgan fingerprint density at radius 3 is 2.87 bits per heavy atom. The highest BCUT2D eigenvalue weighted by atomic mass is 32.2. The minimum atomic E-state index is -0.286. The summed E-state index contributed by atoms with van der Waals surface area (Å²) in [6, 6.07) is 5.42. The number of H-pyrrole nitrogens is 1. The Kier molecular flexibility index (Phi) is 7.07. The molecule has 3 rings (SSSR count). The SMILES string of the molecule is Cc1sc2nc(CS[C@@H](C)C(=O)NCCNc3ccc(C#N)cn3)[nH]c(=O)c2c1C. The fraction of sp³-hybridized carbons (Fsp3) is 0.350. The molecule has 0 saturated carbocycles. The van der Waals surface area contributed by atoms with E-state index in [1.54, 1.807) is 12.1 Å². The molecule has 3 aromatic rings. The van der Waals surface area contributed by atoms with E-state index < -0.39 is 0 Å². The van der Waals surface area contributed by atoms with Crippen LogP contribution in [0.1, 0.15) is 28.8 Å². The van der Waals surface area contributed by atoms with Crippen LogP contribution in [-0.4, -0.2) is 39.2 Å². The van der Waals surface area contributed by atoms with E-state index in [0.29, 0.717) is 41.4 Å². The van der Waals surface area contributed by atoms with Gasteiger partial charge in [-0.1, -0.05) is 0 Å². The zero-order valence-electron chi connectivity index (χ0n) is 16.9. The quantitative estimate of drug-likeness (QED) is 0.458. The van der Waals surface area contributed by atoms with Crippen molar-refractivity contribution in [2.24, 2.45) is 0 Å². The first-order chi connectivity index (χ1) is 14.4. The van der Waals surface area contributed by atoms with Crippen molar-refractivity contribution in [3.05, 3.63) is 50.5 Å². The number of aryl methyl sites for hydroxylation is 2. The van der Waals surface area contributed by atoms with E-state index in [1.165, 1.54) is 29.3 Å². The number of nitrogens with one attached hydrogen (secondary N) is 3. The van der Waals surface area contributed by atoms with Gasteiger partial charge in [-0.3, -0.25) is 9.59 Å². The number of aromatic amines is 1. The van der Waals surface area contributed by atoms with Crippen LogP contribution in [0.4, 0.5) is 5.82 Å². The van der Waals surface area contributed by atoms with E-state index >= 15 is 0 Å². The largest absolute Gasteiger partial charge is 0.368 e. The Balaban J connectivity index is 1.45. The number of rotatable bonds is 8. The smallest absolute Gasteiger partial charge is 0.259 e. The van der Waals surface area contributed by atoms with Crippen LogP contribution < -0.4 is 16.2 Å². The van der Waals surface area contributed by atoms with Gasteiger partial charge in [0.25, 0.3) is 5.56 Å². The first-order valence-electron chi connectivity index (χ1n) is 9.37. The van der Waals surface area contributed by atoms with Gasteiger partial charge in [-0.05, 0) is 38.5 Å². The number of nitriles is 1. The van der Waals surface area contributed by atoms with Crippen molar-refractivity contribution in [2.75, 3.05) is 18.4 Å². The Morgan fingerprint density at radius 1 is 1.37 bits per heavy atom. The fourth-order valence-electron chi connectivity index (χ4n) is 2.73. The normalized spacial score (nSPS) is 11.8. The van der Waals surface area contributed by atoms with Crippen LogP contribution >= 0.6 is 23.1 Å². The summed E-state index contributed by atoms with van der Waals surface area (Å²) in [6.45, 7) is 6.70. The van der Waals surface area contributed by atoms with Gasteiger partial charge >= 0.3 is 0 Å². The summed E-state index contributed by atoms with van der Waals surface area (Å²) in [7, 11) is 0. The highest BCUT2D eigenvalue weighted by molar-refractivity contribution is 7.99. The topological polar surface area (TPSA) is 124 Å². The van der Waals surface area contributed by atoms with Crippen molar-refractivity contribution < 1.29 is 4.79 Å². The third-order valence-electron chi connectivity index (χ3n) is 4.55. The monoisotopic (exact) mass is 442 g/mol. The molecule has 0 aromatic carbocycles. The Hall–Kier alpha value is -2.90. The lowest BCUT2D eigenvalue weighted by Crippen LogP contribution is -2.34. The predicted molar refractivity (Wildman–Crippen MR) is 121 cm³/mol. The molecule has 0 radical (unpaired) electrons. The molecule has 3 N–H and O–H groups in total. The molecule has 0 aliphatic rings. The minimum absolute atomic E-state index is 0.0826. The van der Waals surface area contributed by atoms with Crippen LogP contribution in [-0.2, 0) is 10.5 Å². The number of thiophene rings is 1. The molecular weight excluding hydrogens is 420 g/mol. The number of hydrogen-bond acceptors (Lipinski definition) is 8. The number of thioether (sulfide) groups is 1. The summed E-state index contributed by atoms with van der Waals surface area (Å²) in [5.74, 6) is 1.59. The van der Waals surface area contributed by atoms with Gasteiger partial charge in [-0.15, -0.1) is 23.1 Å². The Morgan fingerprint density at radius 2 is 2.17 bits per heavy atom. The maximum atomic E-state index is 12.3. The van der Waals surface area contributed by atoms with Crippen molar-refractivity contribution >= 4 is 45.0 Å². The Bertz CT molecular complexity index is 1150. The average Bonchev–Trinajstić information content (AvgIpc) is 3.03. The molecule has 8 nitrogen and oxygen atoms in total. The number of carbonyl (C=O) groups is 1. The highest BCUT2D eigenvalue weighted by Gasteiger charge is 2.15. The zero-order chi connectivity index (χ0) is 21.7. The van der Waals surface area contributed by atoms with E-state index in [9.17, 15) is 9.59 Å². The van der Waals surface area contributed by atoms with E-state index in [-0.39, 0.29) is 16.7 Å². The number of anilines is 1. The molecule has 0 aliphatic carbocycles. The number of nitrogens with zero attached hydrogens (tertiary/aromatic N) is 3. The van der Waals surface area contributed by atoms with Gasteiger partial charge in [-0.25, -0.2) is 9.97 Å². The second-order valence-corrected chi connectivity index (χ2v) is 9.22. The number of aromatic nitrogens is 3. The van der Waals surface area contributed by atoms with Crippen LogP contribution in [0.25, 0.3) is 10.2 Å². The average molecular weight is 443 g/mol. The molecule has 30 heavy (non-hydrogen) atoms. The summed E-state index contributed by atoms with van der Waals surface area (Å²) >= 11 is 2.93. The molecule has 10 heteroatoms. The number of hydrogen-bond donors (Lipinski definition) is 3. The zero-order valence-corrected chi connectivity index (χ0v) is 18.5. The van der Waals surface area contributed by atoms with E-state index in [0.717, 1.165) is 15.3 Å². The third kappa shape index (κ3) is 5.17. The van der Waals surface area contributed by atoms with Gasteiger partial charge in [0, 0.05) is 24.2 Å². The molecule has 0 spiro atoms. The second-order valence-electron chi connectivity index (χ2n) is 6.69. The third-order valence-corrected chi connectivity index (χ3v) is 6.81. The molecule has 0 saturated heterocycles. The van der Waals surface area contributed by atoms with Gasteiger partial charge in [0.15, 0.2) is 0 Å².